The van der Waals surface area contributed by atoms with Crippen LogP contribution in [0, 0.1) is 0 Å². The van der Waals surface area contributed by atoms with E-state index in [0.717, 1.165) is 29.1 Å². The number of hydrogen-bond acceptors (Lipinski definition) is 6. The fourth-order valence-corrected chi connectivity index (χ4v) is 2.85. The van der Waals surface area contributed by atoms with Crippen molar-refractivity contribution in [2.75, 3.05) is 0 Å². The first-order valence-corrected chi connectivity index (χ1v) is 8.11. The van der Waals surface area contributed by atoms with Crippen LogP contribution in [0.4, 0.5) is 0 Å². The van der Waals surface area contributed by atoms with Gasteiger partial charge in [-0.05, 0) is 17.3 Å². The van der Waals surface area contributed by atoms with Crippen LogP contribution in [0.15, 0.2) is 30.5 Å². The zero-order valence-corrected chi connectivity index (χ0v) is 14.0. The predicted octanol–water partition coefficient (Wildman–Crippen LogP) is 1.39. The number of aromatic nitrogens is 6. The molecule has 1 aliphatic heterocycles. The lowest BCUT2D eigenvalue weighted by atomic mass is 10.1. The maximum atomic E-state index is 12.8. The monoisotopic (exact) mass is 335 g/mol. The highest BCUT2D eigenvalue weighted by molar-refractivity contribution is 5.94. The molecular weight excluding hydrogens is 318 g/mol. The van der Waals surface area contributed by atoms with Gasteiger partial charge in [0, 0.05) is 35.9 Å². The van der Waals surface area contributed by atoms with Crippen LogP contribution in [-0.4, -0.2) is 41.0 Å². The summed E-state index contributed by atoms with van der Waals surface area (Å²) >= 11 is 0. The second-order valence-corrected chi connectivity index (χ2v) is 5.95. The Morgan fingerprint density at radius 1 is 1.20 bits per heavy atom. The van der Waals surface area contributed by atoms with Crippen molar-refractivity contribution in [1.82, 2.24) is 35.1 Å². The molecule has 0 radical (unpaired) electrons. The van der Waals surface area contributed by atoms with Crippen molar-refractivity contribution in [3.63, 3.8) is 0 Å². The lowest BCUT2D eigenvalue weighted by Crippen LogP contribution is -2.25. The third-order valence-electron chi connectivity index (χ3n) is 4.21. The molecule has 1 amide bonds. The Bertz CT molecular complexity index is 932. The highest BCUT2D eigenvalue weighted by Gasteiger charge is 2.26. The Morgan fingerprint density at radius 2 is 2.00 bits per heavy atom. The minimum atomic E-state index is -0.0188. The van der Waals surface area contributed by atoms with Gasteiger partial charge in [0.1, 0.15) is 5.82 Å². The number of carbonyl (C=O) groups excluding carboxylic acids is 1. The van der Waals surface area contributed by atoms with Gasteiger partial charge in [-0.2, -0.15) is 4.80 Å². The first kappa shape index (κ1) is 15.4. The van der Waals surface area contributed by atoms with E-state index < -0.39 is 0 Å². The summed E-state index contributed by atoms with van der Waals surface area (Å²) < 4.78 is 0. The van der Waals surface area contributed by atoms with Gasteiger partial charge in [-0.1, -0.05) is 19.1 Å². The van der Waals surface area contributed by atoms with Gasteiger partial charge in [-0.15, -0.1) is 10.2 Å². The molecule has 0 unspecified atom stereocenters. The van der Waals surface area contributed by atoms with Crippen molar-refractivity contribution in [2.45, 2.75) is 26.4 Å². The fraction of sp³-hybridized carbons (Fsp3) is 0.294. The van der Waals surface area contributed by atoms with Crippen LogP contribution in [0.5, 0.6) is 0 Å². The van der Waals surface area contributed by atoms with Crippen LogP contribution < -0.4 is 0 Å². The van der Waals surface area contributed by atoms with Crippen LogP contribution >= 0.6 is 0 Å². The molecular formula is C17H17N7O. The van der Waals surface area contributed by atoms with Crippen molar-refractivity contribution in [2.24, 2.45) is 7.05 Å². The van der Waals surface area contributed by atoms with Gasteiger partial charge in [-0.3, -0.25) is 4.79 Å². The highest BCUT2D eigenvalue weighted by atomic mass is 16.2. The molecule has 1 aliphatic rings. The quantitative estimate of drug-likeness (QED) is 0.718. The predicted molar refractivity (Wildman–Crippen MR) is 89.2 cm³/mol. The number of amides is 1. The van der Waals surface area contributed by atoms with Gasteiger partial charge < -0.3 is 4.90 Å². The largest absolute Gasteiger partial charge is 0.328 e. The summed E-state index contributed by atoms with van der Waals surface area (Å²) in [6.07, 6.45) is 2.62. The van der Waals surface area contributed by atoms with E-state index in [2.05, 4.69) is 25.4 Å². The Balaban J connectivity index is 1.52. The molecule has 0 bridgehead atoms. The minimum absolute atomic E-state index is 0.0188. The molecule has 0 spiro atoms. The van der Waals surface area contributed by atoms with E-state index in [4.69, 9.17) is 0 Å². The normalized spacial score (nSPS) is 13.1. The molecule has 0 aliphatic carbocycles. The topological polar surface area (TPSA) is 89.7 Å². The third kappa shape index (κ3) is 2.86. The van der Waals surface area contributed by atoms with E-state index in [9.17, 15) is 4.79 Å². The smallest absolute Gasteiger partial charge is 0.254 e. The molecule has 0 N–H and O–H groups in total. The fourth-order valence-electron chi connectivity index (χ4n) is 2.85. The summed E-state index contributed by atoms with van der Waals surface area (Å²) in [5.74, 6) is 1.33. The summed E-state index contributed by atoms with van der Waals surface area (Å²) in [4.78, 5) is 24.8. The average molecular weight is 335 g/mol. The highest BCUT2D eigenvalue weighted by Crippen LogP contribution is 2.23. The first-order chi connectivity index (χ1) is 12.1. The van der Waals surface area contributed by atoms with Gasteiger partial charge in [0.2, 0.25) is 5.82 Å². The van der Waals surface area contributed by atoms with Gasteiger partial charge in [0.15, 0.2) is 0 Å². The van der Waals surface area contributed by atoms with Crippen molar-refractivity contribution in [3.05, 3.63) is 53.1 Å². The molecule has 0 fully saturated rings. The lowest BCUT2D eigenvalue weighted by molar-refractivity contribution is 0.0750. The molecule has 4 rings (SSSR count). The Kier molecular flexibility index (Phi) is 3.72. The van der Waals surface area contributed by atoms with Gasteiger partial charge >= 0.3 is 0 Å². The van der Waals surface area contributed by atoms with Crippen molar-refractivity contribution >= 4 is 5.91 Å². The van der Waals surface area contributed by atoms with E-state index in [0.29, 0.717) is 24.5 Å². The summed E-state index contributed by atoms with van der Waals surface area (Å²) in [7, 11) is 1.71. The average Bonchev–Trinajstić information content (AvgIpc) is 3.26. The molecule has 0 saturated heterocycles. The number of hydrogen-bond donors (Lipinski definition) is 0. The summed E-state index contributed by atoms with van der Waals surface area (Å²) in [6.45, 7) is 3.09. The molecule has 0 atom stereocenters. The molecule has 2 aromatic heterocycles. The number of benzene rings is 1. The van der Waals surface area contributed by atoms with Gasteiger partial charge in [0.05, 0.1) is 19.3 Å². The molecule has 0 saturated carbocycles. The molecule has 8 nitrogen and oxygen atoms in total. The number of carbonyl (C=O) groups is 1. The molecule has 126 valence electrons. The van der Waals surface area contributed by atoms with E-state index in [1.54, 1.807) is 24.1 Å². The van der Waals surface area contributed by atoms with Crippen LogP contribution in [0.3, 0.4) is 0 Å². The maximum Gasteiger partial charge on any atom is 0.254 e. The van der Waals surface area contributed by atoms with Crippen LogP contribution in [0.25, 0.3) is 11.4 Å². The molecule has 3 aromatic rings. The standard InChI is InChI=1S/C17H17N7O/c1-3-15-18-8-13-9-24(10-14(13)19-15)17(25)12-6-4-11(5-7-12)16-20-22-23(2)21-16/h4-8H,3,9-10H2,1-2H3. The number of rotatable bonds is 3. The number of aryl methyl sites for hydroxylation is 2. The van der Waals surface area contributed by atoms with E-state index in [-0.39, 0.29) is 5.91 Å². The third-order valence-corrected chi connectivity index (χ3v) is 4.21. The number of fused-ring (bicyclic) bond motifs is 1. The Hall–Kier alpha value is -3.16. The Morgan fingerprint density at radius 3 is 2.68 bits per heavy atom. The van der Waals surface area contributed by atoms with Crippen LogP contribution in [0.2, 0.25) is 0 Å². The van der Waals surface area contributed by atoms with E-state index >= 15 is 0 Å². The summed E-state index contributed by atoms with van der Waals surface area (Å²) in [5.41, 5.74) is 3.42. The molecule has 3 heterocycles. The number of tetrazole rings is 1. The summed E-state index contributed by atoms with van der Waals surface area (Å²) in [6, 6.07) is 7.26. The van der Waals surface area contributed by atoms with Crippen LogP contribution in [0.1, 0.15) is 34.4 Å². The molecule has 1 aromatic carbocycles. The SMILES string of the molecule is CCc1ncc2c(n1)CN(C(=O)c1ccc(-c3nnn(C)n3)cc1)C2. The second-order valence-electron chi connectivity index (χ2n) is 5.95. The van der Waals surface area contributed by atoms with Gasteiger partial charge in [0.25, 0.3) is 5.91 Å². The molecule has 25 heavy (non-hydrogen) atoms. The first-order valence-electron chi connectivity index (χ1n) is 8.11. The van der Waals surface area contributed by atoms with Crippen molar-refractivity contribution in [3.8, 4) is 11.4 Å². The lowest BCUT2D eigenvalue weighted by Gasteiger charge is -2.15. The van der Waals surface area contributed by atoms with E-state index in [1.165, 1.54) is 4.80 Å². The molecule has 8 heteroatoms. The Labute approximate surface area is 144 Å². The minimum Gasteiger partial charge on any atom is -0.328 e. The van der Waals surface area contributed by atoms with E-state index in [1.807, 2.05) is 25.3 Å². The van der Waals surface area contributed by atoms with Crippen molar-refractivity contribution < 1.29 is 4.79 Å². The zero-order valence-electron chi connectivity index (χ0n) is 14.0. The van der Waals surface area contributed by atoms with Crippen molar-refractivity contribution in [1.29, 1.82) is 0 Å². The zero-order chi connectivity index (χ0) is 17.4. The second kappa shape index (κ2) is 6.04. The number of nitrogens with zero attached hydrogens (tertiary/aromatic N) is 7. The maximum absolute atomic E-state index is 12.8. The van der Waals surface area contributed by atoms with Gasteiger partial charge in [-0.25, -0.2) is 9.97 Å². The van der Waals surface area contributed by atoms with Crippen LogP contribution in [-0.2, 0) is 26.6 Å². The summed E-state index contributed by atoms with van der Waals surface area (Å²) in [5, 5.41) is 12.0.